The van der Waals surface area contributed by atoms with E-state index in [4.69, 9.17) is 4.74 Å². The first-order valence-corrected chi connectivity index (χ1v) is 8.67. The lowest BCUT2D eigenvalue weighted by molar-refractivity contribution is 0.185. The molecule has 1 N–H and O–H groups in total. The van der Waals surface area contributed by atoms with Crippen LogP contribution in [0.4, 0.5) is 5.82 Å². The molecule has 2 rings (SSSR count). The molecule has 1 aromatic heterocycles. The molecule has 7 nitrogen and oxygen atoms in total. The van der Waals surface area contributed by atoms with Gasteiger partial charge in [0, 0.05) is 33.0 Å². The quantitative estimate of drug-likeness (QED) is 0.791. The summed E-state index contributed by atoms with van der Waals surface area (Å²) in [7, 11) is -0.605. The highest BCUT2D eigenvalue weighted by Crippen LogP contribution is 2.12. The molecule has 8 heteroatoms. The summed E-state index contributed by atoms with van der Waals surface area (Å²) >= 11 is 0. The monoisotopic (exact) mass is 338 g/mol. The predicted molar refractivity (Wildman–Crippen MR) is 89.6 cm³/mol. The lowest BCUT2D eigenvalue weighted by Crippen LogP contribution is -2.35. The van der Waals surface area contributed by atoms with Crippen LogP contribution in [0.2, 0.25) is 0 Å². The van der Waals surface area contributed by atoms with Gasteiger partial charge < -0.3 is 4.74 Å². The smallest absolute Gasteiger partial charge is 0.302 e. The molecule has 0 atom stereocenters. The number of aryl methyl sites for hydroxylation is 1. The Balaban J connectivity index is 2.03. The van der Waals surface area contributed by atoms with E-state index in [0.717, 1.165) is 5.56 Å². The minimum atomic E-state index is -3.63. The maximum absolute atomic E-state index is 12.1. The second kappa shape index (κ2) is 7.58. The van der Waals surface area contributed by atoms with E-state index in [1.165, 1.54) is 24.0 Å². The number of likely N-dealkylation sites (N-methyl/N-ethyl adjacent to an activating group) is 1. The molecule has 0 radical (unpaired) electrons. The van der Waals surface area contributed by atoms with E-state index >= 15 is 0 Å². The second-order valence-electron chi connectivity index (χ2n) is 5.25. The number of ether oxygens (including phenoxy) is 1. The minimum absolute atomic E-state index is 0.274. The van der Waals surface area contributed by atoms with Gasteiger partial charge in [0.2, 0.25) is 0 Å². The highest BCUT2D eigenvalue weighted by Gasteiger charge is 2.18. The van der Waals surface area contributed by atoms with Crippen LogP contribution >= 0.6 is 0 Å². The Morgan fingerprint density at radius 2 is 2.04 bits per heavy atom. The lowest BCUT2D eigenvalue weighted by Gasteiger charge is -2.16. The van der Waals surface area contributed by atoms with E-state index in [9.17, 15) is 8.42 Å². The molecular weight excluding hydrogens is 316 g/mol. The van der Waals surface area contributed by atoms with Crippen molar-refractivity contribution in [2.45, 2.75) is 13.5 Å². The SMILES string of the molecule is COCCN(C)S(=O)(=O)Nc1ccn(Cc2ccccc2C)n1. The van der Waals surface area contributed by atoms with Crippen LogP contribution in [0, 0.1) is 6.92 Å². The number of rotatable bonds is 8. The third-order valence-corrected chi connectivity index (χ3v) is 4.96. The molecule has 0 unspecified atom stereocenters. The van der Waals surface area contributed by atoms with Crippen LogP contribution in [0.5, 0.6) is 0 Å². The van der Waals surface area contributed by atoms with Gasteiger partial charge in [0.25, 0.3) is 0 Å². The van der Waals surface area contributed by atoms with Crippen LogP contribution in [0.15, 0.2) is 36.5 Å². The average Bonchev–Trinajstić information content (AvgIpc) is 2.93. The van der Waals surface area contributed by atoms with Crippen molar-refractivity contribution in [3.63, 3.8) is 0 Å². The fourth-order valence-corrected chi connectivity index (χ4v) is 2.86. The Bertz CT molecular complexity index is 743. The van der Waals surface area contributed by atoms with Crippen molar-refractivity contribution >= 4 is 16.0 Å². The first kappa shape index (κ1) is 17.5. The molecule has 1 aromatic carbocycles. The maximum atomic E-state index is 12.1. The van der Waals surface area contributed by atoms with Gasteiger partial charge in [-0.1, -0.05) is 24.3 Å². The van der Waals surface area contributed by atoms with Crippen LogP contribution < -0.4 is 4.72 Å². The van der Waals surface area contributed by atoms with Gasteiger partial charge in [-0.05, 0) is 18.1 Å². The molecule has 23 heavy (non-hydrogen) atoms. The number of methoxy groups -OCH3 is 1. The molecule has 0 aliphatic carbocycles. The molecule has 0 spiro atoms. The highest BCUT2D eigenvalue weighted by molar-refractivity contribution is 7.90. The second-order valence-corrected chi connectivity index (χ2v) is 7.02. The number of hydrogen-bond acceptors (Lipinski definition) is 4. The number of nitrogens with zero attached hydrogens (tertiary/aromatic N) is 3. The van der Waals surface area contributed by atoms with E-state index < -0.39 is 10.2 Å². The predicted octanol–water partition coefficient (Wildman–Crippen LogP) is 1.47. The molecule has 0 bridgehead atoms. The standard InChI is InChI=1S/C15H22N4O3S/c1-13-6-4-5-7-14(13)12-19-9-8-15(16-19)17-23(20,21)18(2)10-11-22-3/h4-9H,10-12H2,1-3H3,(H,16,17). The number of aromatic nitrogens is 2. The van der Waals surface area contributed by atoms with Crippen molar-refractivity contribution in [3.8, 4) is 0 Å². The third-order valence-electron chi connectivity index (χ3n) is 3.49. The number of benzene rings is 1. The van der Waals surface area contributed by atoms with Gasteiger partial charge in [-0.25, -0.2) is 0 Å². The minimum Gasteiger partial charge on any atom is -0.383 e. The van der Waals surface area contributed by atoms with Crippen LogP contribution in [0.25, 0.3) is 0 Å². The Hall–Kier alpha value is -1.90. The summed E-state index contributed by atoms with van der Waals surface area (Å²) in [6, 6.07) is 9.66. The molecule has 0 amide bonds. The van der Waals surface area contributed by atoms with Gasteiger partial charge >= 0.3 is 10.2 Å². The van der Waals surface area contributed by atoms with Gasteiger partial charge in [-0.15, -0.1) is 0 Å². The summed E-state index contributed by atoms with van der Waals surface area (Å²) < 4.78 is 34.5. The zero-order valence-electron chi connectivity index (χ0n) is 13.6. The molecular formula is C15H22N4O3S. The van der Waals surface area contributed by atoms with E-state index in [0.29, 0.717) is 19.0 Å². The van der Waals surface area contributed by atoms with E-state index in [1.807, 2.05) is 31.2 Å². The largest absolute Gasteiger partial charge is 0.383 e. The van der Waals surface area contributed by atoms with Crippen molar-refractivity contribution in [3.05, 3.63) is 47.7 Å². The van der Waals surface area contributed by atoms with Crippen LogP contribution in [-0.4, -0.2) is 49.8 Å². The van der Waals surface area contributed by atoms with Crippen molar-refractivity contribution < 1.29 is 13.2 Å². The summed E-state index contributed by atoms with van der Waals surface area (Å²) in [4.78, 5) is 0. The maximum Gasteiger partial charge on any atom is 0.302 e. The molecule has 0 saturated heterocycles. The molecule has 0 aliphatic heterocycles. The Morgan fingerprint density at radius 1 is 1.30 bits per heavy atom. The summed E-state index contributed by atoms with van der Waals surface area (Å²) in [5.41, 5.74) is 2.31. The van der Waals surface area contributed by atoms with Gasteiger partial charge in [0.1, 0.15) is 0 Å². The first-order chi connectivity index (χ1) is 10.9. The zero-order valence-corrected chi connectivity index (χ0v) is 14.4. The summed E-state index contributed by atoms with van der Waals surface area (Å²) in [6.07, 6.45) is 1.75. The summed E-state index contributed by atoms with van der Waals surface area (Å²) in [5, 5.41) is 4.26. The molecule has 2 aromatic rings. The van der Waals surface area contributed by atoms with Gasteiger partial charge in [0.05, 0.1) is 13.2 Å². The number of hydrogen-bond donors (Lipinski definition) is 1. The van der Waals surface area contributed by atoms with E-state index in [-0.39, 0.29) is 6.54 Å². The van der Waals surface area contributed by atoms with Crippen molar-refractivity contribution in [2.75, 3.05) is 32.0 Å². The van der Waals surface area contributed by atoms with Crippen molar-refractivity contribution in [2.24, 2.45) is 0 Å². The topological polar surface area (TPSA) is 76.5 Å². The molecule has 1 heterocycles. The third kappa shape index (κ3) is 4.78. The summed E-state index contributed by atoms with van der Waals surface area (Å²) in [6.45, 7) is 3.23. The zero-order chi connectivity index (χ0) is 16.9. The number of nitrogens with one attached hydrogen (secondary N) is 1. The summed E-state index contributed by atoms with van der Waals surface area (Å²) in [5.74, 6) is 0.294. The molecule has 0 saturated carbocycles. The normalized spacial score (nSPS) is 11.8. The van der Waals surface area contributed by atoms with Gasteiger partial charge in [-0.2, -0.15) is 17.8 Å². The lowest BCUT2D eigenvalue weighted by atomic mass is 10.1. The fraction of sp³-hybridized carbons (Fsp3) is 0.400. The van der Waals surface area contributed by atoms with Crippen molar-refractivity contribution in [1.82, 2.24) is 14.1 Å². The van der Waals surface area contributed by atoms with Crippen LogP contribution in [0.3, 0.4) is 0 Å². The molecule has 0 aliphatic rings. The Labute approximate surface area is 137 Å². The number of anilines is 1. The Kier molecular flexibility index (Phi) is 5.75. The van der Waals surface area contributed by atoms with Gasteiger partial charge in [-0.3, -0.25) is 9.40 Å². The highest BCUT2D eigenvalue weighted by atomic mass is 32.2. The van der Waals surface area contributed by atoms with E-state index in [2.05, 4.69) is 9.82 Å². The van der Waals surface area contributed by atoms with Crippen LogP contribution in [0.1, 0.15) is 11.1 Å². The van der Waals surface area contributed by atoms with E-state index in [1.54, 1.807) is 16.9 Å². The first-order valence-electron chi connectivity index (χ1n) is 7.23. The average molecular weight is 338 g/mol. The van der Waals surface area contributed by atoms with Gasteiger partial charge in [0.15, 0.2) is 5.82 Å². The van der Waals surface area contributed by atoms with Crippen LogP contribution in [-0.2, 0) is 21.5 Å². The molecule has 0 fully saturated rings. The molecule has 126 valence electrons. The fourth-order valence-electron chi connectivity index (χ4n) is 2.02. The Morgan fingerprint density at radius 3 is 2.74 bits per heavy atom. The van der Waals surface area contributed by atoms with Crippen molar-refractivity contribution in [1.29, 1.82) is 0 Å².